The minimum absolute atomic E-state index is 0. The van der Waals surface area contributed by atoms with Crippen LogP contribution in [-0.2, 0) is 0 Å². The molecular weight excluding hydrogens is 415 g/mol. The number of carbonyl (C=O) groups excluding carboxylic acids is 1. The summed E-state index contributed by atoms with van der Waals surface area (Å²) < 4.78 is 61.6. The van der Waals surface area contributed by atoms with E-state index in [4.69, 9.17) is 11.0 Å². The molecule has 156 valence electrons. The molecule has 29 heavy (non-hydrogen) atoms. The Bertz CT molecular complexity index is 1140. The number of nitrogens with zero attached hydrogens (tertiary/aromatic N) is 2. The average Bonchev–Trinajstić information content (AvgIpc) is 3.08. The van der Waals surface area contributed by atoms with Crippen LogP contribution in [0.2, 0.25) is 0 Å². The predicted molar refractivity (Wildman–Crippen MR) is 122 cm³/mol. The van der Waals surface area contributed by atoms with Crippen LogP contribution in [0.15, 0.2) is 58.5 Å². The first kappa shape index (κ1) is 14.2. The second-order valence-electron chi connectivity index (χ2n) is 5.39. The smallest absolute Gasteiger partial charge is 0.323 e. The molecule has 0 atom stereocenters. The molecule has 0 saturated carbocycles. The summed E-state index contributed by atoms with van der Waals surface area (Å²) in [6, 6.07) is 12.0. The molecule has 6 N–H and O–H groups in total. The Labute approximate surface area is 192 Å². The molecule has 0 saturated heterocycles. The Morgan fingerprint density at radius 1 is 0.862 bits per heavy atom. The zero-order chi connectivity index (χ0) is 24.9. The highest BCUT2D eigenvalue weighted by molar-refractivity contribution is 6.04. The average molecular weight is 447 g/mol. The van der Waals surface area contributed by atoms with Gasteiger partial charge in [-0.1, -0.05) is 24.3 Å². The van der Waals surface area contributed by atoms with Gasteiger partial charge in [-0.3, -0.25) is 9.98 Å². The topological polar surface area (TPSA) is 121 Å². The number of hydrogen-bond donors (Lipinski definition) is 4. The number of amides is 2. The van der Waals surface area contributed by atoms with Crippen molar-refractivity contribution < 1.29 is 21.2 Å². The molecule has 2 aromatic rings. The number of carbonyl (C=O) groups is 1. The van der Waals surface area contributed by atoms with Gasteiger partial charge in [0.05, 0.1) is 24.0 Å². The van der Waals surface area contributed by atoms with Crippen molar-refractivity contribution in [1.82, 2.24) is 10.6 Å². The third kappa shape index (κ3) is 6.08. The maximum atomic E-state index is 12.5. The lowest BCUT2D eigenvalue weighted by Gasteiger charge is -2.10. The van der Waals surface area contributed by atoms with Gasteiger partial charge in [-0.05, 0) is 24.3 Å². The normalized spacial score (nSPS) is 25.0. The maximum absolute atomic E-state index is 12.5. The summed E-state index contributed by atoms with van der Waals surface area (Å²) in [6.45, 7) is -9.62. The van der Waals surface area contributed by atoms with E-state index in [1.807, 2.05) is 0 Å². The molecule has 2 aliphatic rings. The largest absolute Gasteiger partial charge is 0.412 e. The van der Waals surface area contributed by atoms with Crippen molar-refractivity contribution >= 4 is 53.9 Å². The van der Waals surface area contributed by atoms with Crippen LogP contribution < -0.4 is 21.3 Å². The van der Waals surface area contributed by atoms with Crippen LogP contribution in [0.3, 0.4) is 0 Å². The number of hydrogen-bond acceptors (Lipinski definition) is 5. The molecule has 0 fully saturated rings. The highest BCUT2D eigenvalue weighted by atomic mass is 35.5. The fraction of sp³-hybridized carbons (Fsp3) is 0.211. The molecule has 10 heteroatoms. The van der Waals surface area contributed by atoms with Gasteiger partial charge in [0.1, 0.15) is 11.7 Å². The van der Waals surface area contributed by atoms with Crippen LogP contribution in [0.4, 0.5) is 16.2 Å². The quantitative estimate of drug-likeness (QED) is 0.574. The third-order valence-corrected chi connectivity index (χ3v) is 3.60. The Balaban J connectivity index is 0.00000228. The molecule has 0 aromatic heterocycles. The maximum Gasteiger partial charge on any atom is 0.323 e. The van der Waals surface area contributed by atoms with Crippen molar-refractivity contribution in [2.75, 3.05) is 36.6 Å². The lowest BCUT2D eigenvalue weighted by molar-refractivity contribution is 0.262. The Morgan fingerprint density at radius 3 is 1.69 bits per heavy atom. The van der Waals surface area contributed by atoms with E-state index < -0.39 is 32.0 Å². The van der Waals surface area contributed by atoms with E-state index in [9.17, 15) is 4.79 Å². The lowest BCUT2D eigenvalue weighted by Crippen LogP contribution is -2.22. The minimum Gasteiger partial charge on any atom is -0.412 e. The summed E-state index contributed by atoms with van der Waals surface area (Å²) in [6.07, 6.45) is 0. The standard InChI is InChI=1S/C19H20N6O.2ClH.H2O/c26-19(24-15-5-1-3-13(11-15)17-20-7-8-21-17)25-16-6-2-4-14(12-16)18-22-9-10-23-18;;;/h1-6,11-12H,7-10H2,(H,20,21)(H,22,23)(H2,24,25,26);2*1H;1H2/i7D2,8D2,9D2,10D2;;;. The van der Waals surface area contributed by atoms with Crippen molar-refractivity contribution in [2.45, 2.75) is 0 Å². The summed E-state index contributed by atoms with van der Waals surface area (Å²) in [5.41, 5.74) is 1.48. The molecular formula is C19H24Cl2N6O2. The molecule has 0 spiro atoms. The first-order chi connectivity index (χ1) is 15.7. The summed E-state index contributed by atoms with van der Waals surface area (Å²) in [4.78, 5) is 20.0. The van der Waals surface area contributed by atoms with Gasteiger partial charge in [-0.2, -0.15) is 0 Å². The molecule has 8 nitrogen and oxygen atoms in total. The molecule has 2 heterocycles. The van der Waals surface area contributed by atoms with Crippen LogP contribution in [0.25, 0.3) is 0 Å². The third-order valence-electron chi connectivity index (χ3n) is 3.60. The SMILES string of the molecule is Cl.Cl.O.[2H]C1([2H])N=C(c2cccc(NC(=O)Nc3cccc(C4=NC([2H])([2H])C([2H])([2H])N4)c3)c2)NC1([2H])[2H]. The number of halogens is 2. The van der Waals surface area contributed by atoms with Gasteiger partial charge in [0.2, 0.25) is 0 Å². The molecule has 2 aromatic carbocycles. The van der Waals surface area contributed by atoms with E-state index in [2.05, 4.69) is 31.3 Å². The van der Waals surface area contributed by atoms with Crippen LogP contribution in [0.1, 0.15) is 22.1 Å². The monoisotopic (exact) mass is 446 g/mol. The zero-order valence-corrected chi connectivity index (χ0v) is 16.4. The lowest BCUT2D eigenvalue weighted by atomic mass is 10.2. The van der Waals surface area contributed by atoms with E-state index in [1.54, 1.807) is 36.4 Å². The van der Waals surface area contributed by atoms with Crippen molar-refractivity contribution in [1.29, 1.82) is 0 Å². The number of anilines is 2. The highest BCUT2D eigenvalue weighted by Gasteiger charge is 2.11. The minimum atomic E-state index is -2.44. The highest BCUT2D eigenvalue weighted by Crippen LogP contribution is 2.15. The fourth-order valence-corrected chi connectivity index (χ4v) is 2.45. The molecule has 2 amide bonds. The summed E-state index contributed by atoms with van der Waals surface area (Å²) >= 11 is 0. The summed E-state index contributed by atoms with van der Waals surface area (Å²) in [7, 11) is 0. The van der Waals surface area contributed by atoms with Crippen molar-refractivity contribution in [2.24, 2.45) is 9.98 Å². The Kier molecular flexibility index (Phi) is 5.52. The predicted octanol–water partition coefficient (Wildman–Crippen LogP) is 2.05. The van der Waals surface area contributed by atoms with Crippen molar-refractivity contribution in [3.63, 3.8) is 0 Å². The van der Waals surface area contributed by atoms with Gasteiger partial charge < -0.3 is 26.7 Å². The first-order valence-electron chi connectivity index (χ1n) is 11.7. The van der Waals surface area contributed by atoms with Crippen LogP contribution >= 0.6 is 24.8 Å². The van der Waals surface area contributed by atoms with Crippen molar-refractivity contribution in [3.05, 3.63) is 59.7 Å². The first-order valence-corrected chi connectivity index (χ1v) is 7.74. The number of nitrogens with one attached hydrogen (secondary N) is 4. The van der Waals surface area contributed by atoms with Gasteiger partial charge in [0, 0.05) is 35.5 Å². The molecule has 0 radical (unpaired) electrons. The van der Waals surface area contributed by atoms with E-state index >= 15 is 0 Å². The number of aliphatic imine (C=N–C) groups is 2. The Hall–Kier alpha value is -2.81. The van der Waals surface area contributed by atoms with Crippen LogP contribution in [0, 0.1) is 0 Å². The summed E-state index contributed by atoms with van der Waals surface area (Å²) in [5, 5.41) is 10.1. The van der Waals surface area contributed by atoms with Gasteiger partial charge >= 0.3 is 6.03 Å². The molecule has 4 rings (SSSR count). The van der Waals surface area contributed by atoms with E-state index in [1.165, 1.54) is 12.1 Å². The van der Waals surface area contributed by atoms with Gasteiger partial charge in [0.15, 0.2) is 0 Å². The number of benzene rings is 2. The van der Waals surface area contributed by atoms with Gasteiger partial charge in [-0.15, -0.1) is 24.8 Å². The second-order valence-corrected chi connectivity index (χ2v) is 5.39. The van der Waals surface area contributed by atoms with Crippen LogP contribution in [0.5, 0.6) is 0 Å². The van der Waals surface area contributed by atoms with E-state index in [-0.39, 0.29) is 42.0 Å². The zero-order valence-electron chi connectivity index (χ0n) is 22.7. The van der Waals surface area contributed by atoms with E-state index in [0.717, 1.165) is 0 Å². The number of rotatable bonds is 4. The summed E-state index contributed by atoms with van der Waals surface area (Å²) in [5.74, 6) is 0.0487. The number of urea groups is 1. The van der Waals surface area contributed by atoms with E-state index in [0.29, 0.717) is 22.5 Å². The van der Waals surface area contributed by atoms with Gasteiger partial charge in [-0.25, -0.2) is 4.79 Å². The second kappa shape index (κ2) is 11.3. The molecule has 0 bridgehead atoms. The fourth-order valence-electron chi connectivity index (χ4n) is 2.45. The van der Waals surface area contributed by atoms with Gasteiger partial charge in [0.25, 0.3) is 0 Å². The Morgan fingerprint density at radius 2 is 1.31 bits per heavy atom. The molecule has 2 aliphatic heterocycles. The molecule has 0 unspecified atom stereocenters. The van der Waals surface area contributed by atoms with Crippen LogP contribution in [-0.4, -0.2) is 49.2 Å². The molecule has 0 aliphatic carbocycles. The number of amidine groups is 2. The van der Waals surface area contributed by atoms with Crippen molar-refractivity contribution in [3.8, 4) is 0 Å².